The van der Waals surface area contributed by atoms with Crippen molar-refractivity contribution in [3.05, 3.63) is 30.1 Å². The molecule has 0 aliphatic rings. The molecule has 5 heteroatoms. The molecule has 1 aromatic rings. The van der Waals surface area contributed by atoms with Crippen molar-refractivity contribution < 1.29 is 25.9 Å². The fourth-order valence-corrected chi connectivity index (χ4v) is 0.545. The summed E-state index contributed by atoms with van der Waals surface area (Å²) in [6.45, 7) is 0. The van der Waals surface area contributed by atoms with Crippen LogP contribution >= 0.6 is 13.6 Å². The molecule has 0 radical (unpaired) electrons. The van der Waals surface area contributed by atoms with Gasteiger partial charge in [-0.1, -0.05) is 6.20 Å². The van der Waals surface area contributed by atoms with Gasteiger partial charge in [0.15, 0.2) is 0 Å². The zero-order chi connectivity index (χ0) is 9.40. The number of hydrogen-bond acceptors (Lipinski definition) is 3. The van der Waals surface area contributed by atoms with E-state index >= 15 is 0 Å². The van der Waals surface area contributed by atoms with Crippen molar-refractivity contribution in [2.75, 3.05) is 7.11 Å². The summed E-state index contributed by atoms with van der Waals surface area (Å²) in [6, 6.07) is 4.87. The topological polar surface area (TPSA) is 39.2 Å². The van der Waals surface area contributed by atoms with Crippen LogP contribution in [0.5, 0.6) is 0 Å². The third-order valence-electron chi connectivity index (χ3n) is 1.00. The Morgan fingerprint density at radius 1 is 1.75 bits per heavy atom. The van der Waals surface area contributed by atoms with E-state index in [1.54, 1.807) is 18.2 Å². The van der Waals surface area contributed by atoms with Crippen LogP contribution in [-0.2, 0) is 21.1 Å². The second kappa shape index (κ2) is 7.38. The molecule has 1 aromatic heterocycles. The van der Waals surface area contributed by atoms with E-state index in [0.29, 0.717) is 0 Å². The number of hydrogen-bond donors (Lipinski definition) is 0. The normalized spacial score (nSPS) is 8.00. The van der Waals surface area contributed by atoms with Crippen LogP contribution in [0.2, 0.25) is 0 Å². The summed E-state index contributed by atoms with van der Waals surface area (Å²) < 4.78 is 4.41. The number of ether oxygens (including phenoxy) is 1. The van der Waals surface area contributed by atoms with Gasteiger partial charge in [0.05, 0.1) is 7.11 Å². The molecule has 0 unspecified atom stereocenters. The van der Waals surface area contributed by atoms with Crippen molar-refractivity contribution >= 4 is 19.6 Å². The molecule has 0 aliphatic heterocycles. The summed E-state index contributed by atoms with van der Waals surface area (Å²) >= 11 is 4.25. The predicted molar refractivity (Wildman–Crippen MR) is 43.3 cm³/mol. The van der Waals surface area contributed by atoms with E-state index in [0.717, 1.165) is 0 Å². The molecule has 3 nitrogen and oxygen atoms in total. The number of nitrogens with zero attached hydrogens (tertiary/aromatic N) is 1. The van der Waals surface area contributed by atoms with Gasteiger partial charge in [0.25, 0.3) is 5.97 Å². The Morgan fingerprint density at radius 3 is 2.83 bits per heavy atom. The van der Waals surface area contributed by atoms with Crippen LogP contribution in [-0.4, -0.2) is 18.1 Å². The van der Waals surface area contributed by atoms with E-state index in [9.17, 15) is 4.79 Å². The second-order valence-electron chi connectivity index (χ2n) is 1.64. The summed E-state index contributed by atoms with van der Waals surface area (Å²) in [6.07, 6.45) is 2.53. The summed E-state index contributed by atoms with van der Waals surface area (Å²) in [4.78, 5) is 14.4. The van der Waals surface area contributed by atoms with Gasteiger partial charge in [0, 0.05) is 5.69 Å². The first-order valence-electron chi connectivity index (χ1n) is 3.02. The summed E-state index contributed by atoms with van der Waals surface area (Å²) in [5.41, 5.74) is 0.282. The average Bonchev–Trinajstić information content (AvgIpc) is 2.21. The quantitative estimate of drug-likeness (QED) is 0.445. The van der Waals surface area contributed by atoms with Crippen LogP contribution in [0.15, 0.2) is 18.2 Å². The van der Waals surface area contributed by atoms with Crippen LogP contribution in [0.1, 0.15) is 10.5 Å². The van der Waals surface area contributed by atoms with Gasteiger partial charge in [-0.3, -0.25) is 4.79 Å². The number of aromatic nitrogens is 1. The van der Waals surface area contributed by atoms with E-state index in [1.165, 1.54) is 23.5 Å². The molecule has 60 valence electrons. The number of halogens is 1. The monoisotopic (exact) mass is 279 g/mol. The number of methoxy groups -OCH3 is 1. The van der Waals surface area contributed by atoms with E-state index in [-0.39, 0.29) is 5.69 Å². The number of carbonyl (C=O) groups is 1. The van der Waals surface area contributed by atoms with Crippen molar-refractivity contribution in [1.82, 2.24) is 4.98 Å². The Morgan fingerprint density at radius 2 is 2.42 bits per heavy atom. The molecule has 0 bridgehead atoms. The predicted octanol–water partition coefficient (Wildman–Crippen LogP) is 1.51. The Bertz CT molecular complexity index is 230. The summed E-state index contributed by atoms with van der Waals surface area (Å²) in [5, 5.41) is 0. The number of carbonyl (C=O) groups excluding carboxylic acids is 1. The molecule has 0 aliphatic carbocycles. The minimum atomic E-state index is -0.433. The fourth-order valence-electron chi connectivity index (χ4n) is 0.545. The molecule has 0 N–H and O–H groups in total. The van der Waals surface area contributed by atoms with Crippen molar-refractivity contribution in [3.8, 4) is 0 Å². The SMILES string of the molecule is COC(=O)c1ccc[c-]n1.[Zn+][Br]. The summed E-state index contributed by atoms with van der Waals surface area (Å²) in [7, 11) is 1.32. The van der Waals surface area contributed by atoms with Gasteiger partial charge in [0.1, 0.15) is 0 Å². The zero-order valence-electron chi connectivity index (χ0n) is 6.58. The number of pyridine rings is 1. The molecule has 0 fully saturated rings. The van der Waals surface area contributed by atoms with E-state index in [1.807, 2.05) is 0 Å². The van der Waals surface area contributed by atoms with E-state index in [4.69, 9.17) is 0 Å². The van der Waals surface area contributed by atoms with Crippen molar-refractivity contribution in [1.29, 1.82) is 0 Å². The first kappa shape index (κ1) is 11.7. The van der Waals surface area contributed by atoms with Gasteiger partial charge in [-0.2, -0.15) is 12.1 Å². The van der Waals surface area contributed by atoms with Crippen molar-refractivity contribution in [2.24, 2.45) is 0 Å². The third-order valence-corrected chi connectivity index (χ3v) is 1.00. The Labute approximate surface area is 87.6 Å². The van der Waals surface area contributed by atoms with Gasteiger partial charge in [0.2, 0.25) is 0 Å². The van der Waals surface area contributed by atoms with Crippen LogP contribution in [0.4, 0.5) is 0 Å². The van der Waals surface area contributed by atoms with Gasteiger partial charge < -0.3 is 9.72 Å². The Hall–Kier alpha value is -0.277. The number of esters is 1. The number of rotatable bonds is 1. The first-order valence-corrected chi connectivity index (χ1v) is 9.97. The van der Waals surface area contributed by atoms with Gasteiger partial charge in [-0.25, -0.2) is 0 Å². The molecule has 0 saturated carbocycles. The van der Waals surface area contributed by atoms with E-state index in [2.05, 4.69) is 29.5 Å². The van der Waals surface area contributed by atoms with Crippen LogP contribution in [0.3, 0.4) is 0 Å². The van der Waals surface area contributed by atoms with Crippen molar-refractivity contribution in [2.45, 2.75) is 0 Å². The van der Waals surface area contributed by atoms with Crippen molar-refractivity contribution in [3.63, 3.8) is 0 Å². The third kappa shape index (κ3) is 3.93. The van der Waals surface area contributed by atoms with E-state index < -0.39 is 5.97 Å². The van der Waals surface area contributed by atoms with Gasteiger partial charge >= 0.3 is 30.0 Å². The maximum atomic E-state index is 10.7. The average molecular weight is 281 g/mol. The molecule has 0 saturated heterocycles. The standard InChI is InChI=1S/C7H6NO2.BrH.Zn/c1-10-7(9)6-4-2-3-5-8-6;;/h2-4H,1H3;1H;/q-1;;+2/p-1. The molecule has 0 atom stereocenters. The molecule has 1 heterocycles. The Balaban J connectivity index is 0.000000561. The minimum absolute atomic E-state index is 0.282. The molecule has 12 heavy (non-hydrogen) atoms. The molecule has 0 aromatic carbocycles. The molecule has 1 rings (SSSR count). The summed E-state index contributed by atoms with van der Waals surface area (Å²) in [5.74, 6) is -0.433. The van der Waals surface area contributed by atoms with Crippen LogP contribution < -0.4 is 0 Å². The van der Waals surface area contributed by atoms with Gasteiger partial charge in [-0.15, -0.1) is 6.07 Å². The fraction of sp³-hybridized carbons (Fsp3) is 0.143. The molecular formula is C7H6BrNO2Zn. The van der Waals surface area contributed by atoms with Crippen LogP contribution in [0.25, 0.3) is 0 Å². The zero-order valence-corrected chi connectivity index (χ0v) is 11.1. The molecular weight excluding hydrogens is 275 g/mol. The maximum absolute atomic E-state index is 10.7. The Kier molecular flexibility index (Phi) is 7.21. The molecule has 0 amide bonds. The second-order valence-corrected chi connectivity index (χ2v) is 1.64. The first-order chi connectivity index (χ1) is 5.84. The van der Waals surface area contributed by atoms with Gasteiger partial charge in [-0.05, 0) is 0 Å². The van der Waals surface area contributed by atoms with Crippen LogP contribution in [0, 0.1) is 6.20 Å². The molecule has 0 spiro atoms.